The van der Waals surface area contributed by atoms with E-state index in [-0.39, 0.29) is 0 Å². The Kier molecular flexibility index (Phi) is 2.80. The van der Waals surface area contributed by atoms with Crippen molar-refractivity contribution in [3.05, 3.63) is 48.7 Å². The molecule has 1 aromatic carbocycles. The molecule has 0 aliphatic carbocycles. The minimum Gasteiger partial charge on any atom is -0.437 e. The van der Waals surface area contributed by atoms with Gasteiger partial charge in [-0.2, -0.15) is 0 Å². The maximum atomic E-state index is 8.83. The van der Waals surface area contributed by atoms with Crippen LogP contribution in [0, 0.1) is 0 Å². The lowest BCUT2D eigenvalue weighted by atomic mass is 10.3. The highest BCUT2D eigenvalue weighted by atomic mass is 16.5. The van der Waals surface area contributed by atoms with E-state index in [9.17, 15) is 0 Å². The number of hydrogen-bond acceptors (Lipinski definition) is 4. The van der Waals surface area contributed by atoms with Crippen molar-refractivity contribution in [2.24, 2.45) is 0 Å². The van der Waals surface area contributed by atoms with Crippen LogP contribution in [0.3, 0.4) is 0 Å². The molecule has 0 fully saturated rings. The van der Waals surface area contributed by atoms with Crippen molar-refractivity contribution in [3.8, 4) is 11.6 Å². The molecule has 0 atom stereocenters. The van der Waals surface area contributed by atoms with Crippen LogP contribution in [0.2, 0.25) is 0 Å². The number of aromatic nitrogens is 1. The molecule has 0 saturated carbocycles. The average molecular weight is 202 g/mol. The van der Waals surface area contributed by atoms with Crippen LogP contribution in [0.4, 0.5) is 5.69 Å². The van der Waals surface area contributed by atoms with E-state index in [1.807, 2.05) is 35.8 Å². The minimum atomic E-state index is 0.339. The Bertz CT molecular complexity index is 432. The molecule has 76 valence electrons. The highest BCUT2D eigenvalue weighted by molar-refractivity contribution is 5.51. The Labute approximate surface area is 87.1 Å². The van der Waals surface area contributed by atoms with Gasteiger partial charge >= 0.3 is 0 Å². The maximum absolute atomic E-state index is 8.83. The minimum absolute atomic E-state index is 0.339. The molecule has 0 aliphatic heterocycles. The zero-order valence-corrected chi connectivity index (χ0v) is 7.92. The van der Waals surface area contributed by atoms with Gasteiger partial charge in [0.1, 0.15) is 11.4 Å². The van der Waals surface area contributed by atoms with Crippen LogP contribution in [-0.4, -0.2) is 10.2 Å². The van der Waals surface area contributed by atoms with E-state index in [1.165, 1.54) is 0 Å². The number of nitrogens with one attached hydrogen (secondary N) is 1. The fraction of sp³-hybridized carbons (Fsp3) is 0. The summed E-state index contributed by atoms with van der Waals surface area (Å²) in [6.07, 6.45) is 1.60. The molecule has 0 unspecified atom stereocenters. The summed E-state index contributed by atoms with van der Waals surface area (Å²) in [5.74, 6) is 1.01. The van der Waals surface area contributed by atoms with Gasteiger partial charge in [-0.3, -0.25) is 10.7 Å². The van der Waals surface area contributed by atoms with Crippen molar-refractivity contribution >= 4 is 5.69 Å². The number of ether oxygens (including phenoxy) is 1. The normalized spacial score (nSPS) is 9.67. The lowest BCUT2D eigenvalue weighted by Crippen LogP contribution is -1.95. The van der Waals surface area contributed by atoms with Crippen molar-refractivity contribution in [1.82, 2.24) is 4.98 Å². The second-order valence-corrected chi connectivity index (χ2v) is 2.88. The van der Waals surface area contributed by atoms with E-state index in [1.54, 1.807) is 18.3 Å². The predicted molar refractivity (Wildman–Crippen MR) is 56.2 cm³/mol. The second-order valence-electron chi connectivity index (χ2n) is 2.88. The molecular formula is C11H10N2O2. The first-order chi connectivity index (χ1) is 7.40. The van der Waals surface area contributed by atoms with Crippen molar-refractivity contribution in [1.29, 1.82) is 0 Å². The Morgan fingerprint density at radius 2 is 1.87 bits per heavy atom. The van der Waals surface area contributed by atoms with Crippen LogP contribution in [0.5, 0.6) is 11.6 Å². The third-order valence-electron chi connectivity index (χ3n) is 1.85. The van der Waals surface area contributed by atoms with Gasteiger partial charge in [0.05, 0.1) is 0 Å². The van der Waals surface area contributed by atoms with Gasteiger partial charge in [0, 0.05) is 6.20 Å². The first-order valence-electron chi connectivity index (χ1n) is 4.48. The van der Waals surface area contributed by atoms with Crippen LogP contribution in [0.15, 0.2) is 48.7 Å². The summed E-state index contributed by atoms with van der Waals surface area (Å²) in [6, 6.07) is 12.6. The molecule has 2 aromatic rings. The highest BCUT2D eigenvalue weighted by Crippen LogP contribution is 2.25. The summed E-state index contributed by atoms with van der Waals surface area (Å²) in [6.45, 7) is 0. The van der Waals surface area contributed by atoms with Crippen LogP contribution in [-0.2, 0) is 0 Å². The SMILES string of the molecule is ONc1cccnc1Oc1ccccc1. The summed E-state index contributed by atoms with van der Waals surface area (Å²) in [7, 11) is 0. The second kappa shape index (κ2) is 4.43. The summed E-state index contributed by atoms with van der Waals surface area (Å²) < 4.78 is 5.47. The lowest BCUT2D eigenvalue weighted by molar-refractivity contribution is 0.380. The monoisotopic (exact) mass is 202 g/mol. The smallest absolute Gasteiger partial charge is 0.245 e. The molecule has 0 aliphatic rings. The molecule has 4 heteroatoms. The van der Waals surface area contributed by atoms with Crippen molar-refractivity contribution in [3.63, 3.8) is 0 Å². The number of anilines is 1. The van der Waals surface area contributed by atoms with Gasteiger partial charge in [-0.1, -0.05) is 18.2 Å². The van der Waals surface area contributed by atoms with Gasteiger partial charge < -0.3 is 4.74 Å². The molecule has 1 heterocycles. The molecular weight excluding hydrogens is 192 g/mol. The summed E-state index contributed by atoms with van der Waals surface area (Å²) in [5, 5.41) is 8.83. The topological polar surface area (TPSA) is 54.4 Å². The molecule has 15 heavy (non-hydrogen) atoms. The molecule has 0 saturated heterocycles. The lowest BCUT2D eigenvalue weighted by Gasteiger charge is -2.07. The zero-order chi connectivity index (χ0) is 10.5. The third-order valence-corrected chi connectivity index (χ3v) is 1.85. The van der Waals surface area contributed by atoms with Gasteiger partial charge in [0.15, 0.2) is 0 Å². The number of hydrogen-bond donors (Lipinski definition) is 2. The molecule has 1 aromatic heterocycles. The first-order valence-corrected chi connectivity index (χ1v) is 4.48. The van der Waals surface area contributed by atoms with E-state index >= 15 is 0 Å². The summed E-state index contributed by atoms with van der Waals surface area (Å²) in [4.78, 5) is 4.00. The molecule has 2 rings (SSSR count). The van der Waals surface area contributed by atoms with E-state index in [2.05, 4.69) is 4.98 Å². The predicted octanol–water partition coefficient (Wildman–Crippen LogP) is 2.68. The molecule has 0 amide bonds. The van der Waals surface area contributed by atoms with Gasteiger partial charge in [-0.15, -0.1) is 0 Å². The Balaban J connectivity index is 2.24. The van der Waals surface area contributed by atoms with Crippen molar-refractivity contribution in [2.45, 2.75) is 0 Å². The van der Waals surface area contributed by atoms with Gasteiger partial charge in [-0.05, 0) is 24.3 Å². The zero-order valence-electron chi connectivity index (χ0n) is 7.92. The number of nitrogens with zero attached hydrogens (tertiary/aromatic N) is 1. The molecule has 0 radical (unpaired) electrons. The van der Waals surface area contributed by atoms with Crippen LogP contribution in [0.1, 0.15) is 0 Å². The Morgan fingerprint density at radius 1 is 1.07 bits per heavy atom. The van der Waals surface area contributed by atoms with Crippen LogP contribution in [0.25, 0.3) is 0 Å². The van der Waals surface area contributed by atoms with Crippen molar-refractivity contribution < 1.29 is 9.94 Å². The first kappa shape index (κ1) is 9.48. The molecule has 0 spiro atoms. The summed E-state index contributed by atoms with van der Waals surface area (Å²) in [5.41, 5.74) is 2.46. The van der Waals surface area contributed by atoms with E-state index in [0.29, 0.717) is 17.3 Å². The molecule has 0 bridgehead atoms. The number of benzene rings is 1. The van der Waals surface area contributed by atoms with Crippen LogP contribution < -0.4 is 10.2 Å². The number of rotatable bonds is 3. The van der Waals surface area contributed by atoms with Crippen LogP contribution >= 0.6 is 0 Å². The van der Waals surface area contributed by atoms with E-state index in [4.69, 9.17) is 9.94 Å². The molecule has 4 nitrogen and oxygen atoms in total. The van der Waals surface area contributed by atoms with Gasteiger partial charge in [-0.25, -0.2) is 4.98 Å². The van der Waals surface area contributed by atoms with Gasteiger partial charge in [0.2, 0.25) is 5.88 Å². The third kappa shape index (κ3) is 2.24. The average Bonchev–Trinajstić information content (AvgIpc) is 2.31. The Morgan fingerprint density at radius 3 is 2.60 bits per heavy atom. The molecule has 2 N–H and O–H groups in total. The number of para-hydroxylation sites is 1. The Hall–Kier alpha value is -2.07. The quantitative estimate of drug-likeness (QED) is 0.751. The largest absolute Gasteiger partial charge is 0.437 e. The van der Waals surface area contributed by atoms with E-state index < -0.39 is 0 Å². The maximum Gasteiger partial charge on any atom is 0.245 e. The number of pyridine rings is 1. The van der Waals surface area contributed by atoms with E-state index in [0.717, 1.165) is 0 Å². The summed E-state index contributed by atoms with van der Waals surface area (Å²) >= 11 is 0. The fourth-order valence-electron chi connectivity index (χ4n) is 1.16. The van der Waals surface area contributed by atoms with Gasteiger partial charge in [0.25, 0.3) is 0 Å². The standard InChI is InChI=1S/C11H10N2O2/c14-13-10-7-4-8-12-11(10)15-9-5-2-1-3-6-9/h1-8,13-14H. The fourth-order valence-corrected chi connectivity index (χ4v) is 1.16. The highest BCUT2D eigenvalue weighted by Gasteiger charge is 2.03. The van der Waals surface area contributed by atoms with Crippen molar-refractivity contribution in [2.75, 3.05) is 5.48 Å².